The summed E-state index contributed by atoms with van der Waals surface area (Å²) >= 11 is 0. The molecule has 0 aliphatic carbocycles. The summed E-state index contributed by atoms with van der Waals surface area (Å²) in [6.07, 6.45) is 3.23. The third-order valence-electron chi connectivity index (χ3n) is 1.20. The molecule has 0 saturated carbocycles. The van der Waals surface area contributed by atoms with E-state index in [1.165, 1.54) is 4.57 Å². The van der Waals surface area contributed by atoms with Crippen molar-refractivity contribution < 1.29 is 14.5 Å². The smallest absolute Gasteiger partial charge is 0.370 e. The van der Waals surface area contributed by atoms with Crippen LogP contribution >= 0.6 is 0 Å². The van der Waals surface area contributed by atoms with Crippen LogP contribution in [0.3, 0.4) is 0 Å². The standard InChI is InChI=1S/C7H8N2O2/c8-6-2-1-3-9(4-6)5-7(10)11/h1-4H,5,8H2/p+1. The summed E-state index contributed by atoms with van der Waals surface area (Å²) in [6, 6.07) is 3.41. The summed E-state index contributed by atoms with van der Waals surface area (Å²) in [4.78, 5) is 10.2. The van der Waals surface area contributed by atoms with Crippen LogP contribution in [-0.4, -0.2) is 11.1 Å². The van der Waals surface area contributed by atoms with Gasteiger partial charge in [0, 0.05) is 6.07 Å². The summed E-state index contributed by atoms with van der Waals surface area (Å²) in [5.41, 5.74) is 5.98. The van der Waals surface area contributed by atoms with Crippen LogP contribution in [0.1, 0.15) is 0 Å². The number of aromatic nitrogens is 1. The van der Waals surface area contributed by atoms with Gasteiger partial charge in [0.25, 0.3) is 0 Å². The second-order valence-electron chi connectivity index (χ2n) is 2.20. The zero-order valence-electron chi connectivity index (χ0n) is 5.90. The number of aliphatic carboxylic acids is 1. The normalized spacial score (nSPS) is 9.45. The predicted octanol–water partition coefficient (Wildman–Crippen LogP) is -0.359. The lowest BCUT2D eigenvalue weighted by Gasteiger charge is -1.91. The van der Waals surface area contributed by atoms with Gasteiger partial charge in [-0.25, -0.2) is 4.79 Å². The maximum absolute atomic E-state index is 10.2. The number of nitrogens with zero attached hydrogens (tertiary/aromatic N) is 1. The molecule has 0 aromatic carbocycles. The monoisotopic (exact) mass is 153 g/mol. The number of hydrogen-bond donors (Lipinski definition) is 2. The number of rotatable bonds is 2. The van der Waals surface area contributed by atoms with E-state index < -0.39 is 5.97 Å². The fourth-order valence-corrected chi connectivity index (χ4v) is 0.797. The van der Waals surface area contributed by atoms with Crippen molar-refractivity contribution >= 4 is 11.7 Å². The van der Waals surface area contributed by atoms with Crippen molar-refractivity contribution in [3.63, 3.8) is 0 Å². The minimum Gasteiger partial charge on any atom is -0.477 e. The van der Waals surface area contributed by atoms with E-state index in [1.807, 2.05) is 0 Å². The molecule has 0 unspecified atom stereocenters. The number of anilines is 1. The fourth-order valence-electron chi connectivity index (χ4n) is 0.797. The highest BCUT2D eigenvalue weighted by atomic mass is 16.4. The molecule has 0 spiro atoms. The Kier molecular flexibility index (Phi) is 2.06. The zero-order valence-corrected chi connectivity index (χ0v) is 5.90. The maximum Gasteiger partial charge on any atom is 0.370 e. The average molecular weight is 153 g/mol. The van der Waals surface area contributed by atoms with E-state index >= 15 is 0 Å². The van der Waals surface area contributed by atoms with Crippen molar-refractivity contribution in [2.24, 2.45) is 0 Å². The van der Waals surface area contributed by atoms with Gasteiger partial charge in [0.2, 0.25) is 6.54 Å². The Bertz CT molecular complexity index is 273. The van der Waals surface area contributed by atoms with Crippen LogP contribution in [0.2, 0.25) is 0 Å². The highest BCUT2D eigenvalue weighted by Crippen LogP contribution is 1.92. The fraction of sp³-hybridized carbons (Fsp3) is 0.143. The Morgan fingerprint density at radius 1 is 1.73 bits per heavy atom. The lowest BCUT2D eigenvalue weighted by molar-refractivity contribution is -0.685. The molecule has 58 valence electrons. The Morgan fingerprint density at radius 3 is 3.00 bits per heavy atom. The molecule has 0 aliphatic rings. The summed E-state index contributed by atoms with van der Waals surface area (Å²) in [6.45, 7) is -0.0506. The van der Waals surface area contributed by atoms with Crippen molar-refractivity contribution in [2.75, 3.05) is 5.73 Å². The Hall–Kier alpha value is -1.58. The molecule has 1 aromatic rings. The van der Waals surface area contributed by atoms with Crippen LogP contribution in [0.4, 0.5) is 5.69 Å². The average Bonchev–Trinajstić information content (AvgIpc) is 1.85. The van der Waals surface area contributed by atoms with Gasteiger partial charge in [-0.3, -0.25) is 0 Å². The Labute approximate surface area is 63.9 Å². The van der Waals surface area contributed by atoms with Gasteiger partial charge in [-0.15, -0.1) is 0 Å². The minimum absolute atomic E-state index is 0.0506. The van der Waals surface area contributed by atoms with Crippen molar-refractivity contribution in [3.05, 3.63) is 24.5 Å². The minimum atomic E-state index is -0.874. The first-order valence-corrected chi connectivity index (χ1v) is 3.15. The Morgan fingerprint density at radius 2 is 2.45 bits per heavy atom. The van der Waals surface area contributed by atoms with Gasteiger partial charge in [-0.2, -0.15) is 4.57 Å². The molecule has 0 aliphatic heterocycles. The van der Waals surface area contributed by atoms with Gasteiger partial charge >= 0.3 is 5.97 Å². The van der Waals surface area contributed by atoms with Crippen molar-refractivity contribution in [1.82, 2.24) is 0 Å². The number of nitrogen functional groups attached to an aromatic ring is 1. The first-order valence-electron chi connectivity index (χ1n) is 3.15. The van der Waals surface area contributed by atoms with E-state index in [9.17, 15) is 4.79 Å². The van der Waals surface area contributed by atoms with E-state index in [1.54, 1.807) is 24.5 Å². The van der Waals surface area contributed by atoms with E-state index in [0.717, 1.165) is 0 Å². The molecule has 0 bridgehead atoms. The summed E-state index contributed by atoms with van der Waals surface area (Å²) in [7, 11) is 0. The third-order valence-corrected chi connectivity index (χ3v) is 1.20. The molecule has 1 rings (SSSR count). The molecule has 0 amide bonds. The first-order chi connectivity index (χ1) is 5.18. The molecule has 4 nitrogen and oxygen atoms in total. The number of nitrogens with two attached hydrogens (primary N) is 1. The number of carboxylic acid groups (broad SMARTS) is 1. The van der Waals surface area contributed by atoms with E-state index in [-0.39, 0.29) is 6.54 Å². The van der Waals surface area contributed by atoms with Gasteiger partial charge in [0.1, 0.15) is 0 Å². The lowest BCUT2D eigenvalue weighted by Crippen LogP contribution is -2.37. The number of hydrogen-bond acceptors (Lipinski definition) is 2. The summed E-state index contributed by atoms with van der Waals surface area (Å²) < 4.78 is 1.51. The molecule has 0 fully saturated rings. The molecule has 1 aromatic heterocycles. The Balaban J connectivity index is 2.79. The molecule has 1 heterocycles. The van der Waals surface area contributed by atoms with Crippen LogP contribution in [0.5, 0.6) is 0 Å². The van der Waals surface area contributed by atoms with Crippen LogP contribution < -0.4 is 10.3 Å². The van der Waals surface area contributed by atoms with E-state index in [0.29, 0.717) is 5.69 Å². The topological polar surface area (TPSA) is 67.2 Å². The van der Waals surface area contributed by atoms with Crippen LogP contribution in [0.25, 0.3) is 0 Å². The van der Waals surface area contributed by atoms with Gasteiger partial charge in [-0.1, -0.05) is 0 Å². The second kappa shape index (κ2) is 3.01. The molecule has 0 saturated heterocycles. The van der Waals surface area contributed by atoms with Crippen molar-refractivity contribution in [3.8, 4) is 0 Å². The van der Waals surface area contributed by atoms with Gasteiger partial charge in [-0.05, 0) is 6.07 Å². The predicted molar refractivity (Wildman–Crippen MR) is 38.7 cm³/mol. The second-order valence-corrected chi connectivity index (χ2v) is 2.20. The highest BCUT2D eigenvalue weighted by molar-refractivity contribution is 5.64. The largest absolute Gasteiger partial charge is 0.477 e. The summed E-state index contributed by atoms with van der Waals surface area (Å²) in [5.74, 6) is -0.874. The van der Waals surface area contributed by atoms with Crippen molar-refractivity contribution in [1.29, 1.82) is 0 Å². The highest BCUT2D eigenvalue weighted by Gasteiger charge is 2.05. The van der Waals surface area contributed by atoms with Gasteiger partial charge in [0.15, 0.2) is 12.4 Å². The zero-order chi connectivity index (χ0) is 8.27. The lowest BCUT2D eigenvalue weighted by atomic mass is 10.4. The molecule has 4 heteroatoms. The van der Waals surface area contributed by atoms with Gasteiger partial charge < -0.3 is 10.8 Å². The summed E-state index contributed by atoms with van der Waals surface area (Å²) in [5, 5.41) is 8.40. The van der Waals surface area contributed by atoms with Crippen LogP contribution in [0, 0.1) is 0 Å². The van der Waals surface area contributed by atoms with Crippen LogP contribution in [-0.2, 0) is 11.3 Å². The quantitative estimate of drug-likeness (QED) is 0.570. The SMILES string of the molecule is Nc1ccc[n+](CC(=O)O)c1. The number of pyridine rings is 1. The third kappa shape index (κ3) is 2.25. The molecule has 11 heavy (non-hydrogen) atoms. The van der Waals surface area contributed by atoms with Crippen molar-refractivity contribution in [2.45, 2.75) is 6.54 Å². The molecule has 3 N–H and O–H groups in total. The molecule has 0 atom stereocenters. The first kappa shape index (κ1) is 7.53. The molecular formula is C7H9N2O2+. The van der Waals surface area contributed by atoms with E-state index in [2.05, 4.69) is 0 Å². The van der Waals surface area contributed by atoms with E-state index in [4.69, 9.17) is 10.8 Å². The number of carbonyl (C=O) groups is 1. The maximum atomic E-state index is 10.2. The molecule has 0 radical (unpaired) electrons. The number of carboxylic acids is 1. The van der Waals surface area contributed by atoms with Gasteiger partial charge in [0.05, 0.1) is 5.69 Å². The van der Waals surface area contributed by atoms with Crippen LogP contribution in [0.15, 0.2) is 24.5 Å². The molecular weight excluding hydrogens is 144 g/mol.